The van der Waals surface area contributed by atoms with Crippen molar-refractivity contribution in [3.63, 3.8) is 0 Å². The number of hydrogen-bond acceptors (Lipinski definition) is 11. The molecule has 3 atom stereocenters. The molecule has 12 nitrogen and oxygen atoms in total. The molecule has 2 bridgehead atoms. The molecule has 1 amide bonds. The van der Waals surface area contributed by atoms with Crippen LogP contribution in [-0.2, 0) is 4.79 Å². The zero-order valence-corrected chi connectivity index (χ0v) is 41.0. The highest BCUT2D eigenvalue weighted by Crippen LogP contribution is 2.27. The number of piperazine rings is 2. The molecule has 8 aliphatic heterocycles. The Balaban J connectivity index is 0.000000637. The Morgan fingerprint density at radius 3 is 1.07 bits per heavy atom. The number of carbonyl (C=O) groups is 1. The van der Waals surface area contributed by atoms with Gasteiger partial charge in [-0.05, 0) is 188 Å². The van der Waals surface area contributed by atoms with Gasteiger partial charge in [0.2, 0.25) is 5.91 Å². The SMILES string of the molecule is CC.CC.CN1CCC(N(C)C)C1.CN1CCC1.CN1CCCC1.CN1CCCCC1.CN1CCCN(C)CC1.CN1CCNC(=O)C1.CN1C[C@H]2C[C@@H]1CN2C. The fourth-order valence-electron chi connectivity index (χ4n) is 7.74. The van der Waals surface area contributed by atoms with Crippen molar-refractivity contribution >= 4 is 5.91 Å². The van der Waals surface area contributed by atoms with Crippen molar-refractivity contribution in [3.05, 3.63) is 0 Å². The van der Waals surface area contributed by atoms with E-state index in [2.05, 4.69) is 120 Å². The number of nitrogens with zero attached hydrogens (tertiary/aromatic N) is 10. The van der Waals surface area contributed by atoms with E-state index in [1.165, 1.54) is 149 Å². The number of rotatable bonds is 1. The van der Waals surface area contributed by atoms with Gasteiger partial charge in [-0.1, -0.05) is 34.1 Å². The lowest BCUT2D eigenvalue weighted by Gasteiger charge is -2.28. The highest BCUT2D eigenvalue weighted by molar-refractivity contribution is 5.78. The van der Waals surface area contributed by atoms with Crippen LogP contribution >= 0.6 is 0 Å². The molecule has 0 saturated carbocycles. The Bertz CT molecular complexity index is 886. The van der Waals surface area contributed by atoms with Crippen LogP contribution < -0.4 is 5.32 Å². The third-order valence-corrected chi connectivity index (χ3v) is 12.0. The maximum Gasteiger partial charge on any atom is 0.234 e. The number of amides is 1. The zero-order valence-electron chi connectivity index (χ0n) is 41.0. The maximum atomic E-state index is 10.5. The Hall–Kier alpha value is -0.930. The highest BCUT2D eigenvalue weighted by atomic mass is 16.2. The molecule has 8 heterocycles. The van der Waals surface area contributed by atoms with E-state index in [-0.39, 0.29) is 5.91 Å². The first kappa shape index (κ1) is 56.1. The quantitative estimate of drug-likeness (QED) is 0.422. The highest BCUT2D eigenvalue weighted by Gasteiger charge is 2.39. The van der Waals surface area contributed by atoms with Crippen LogP contribution in [0.5, 0.6) is 0 Å². The van der Waals surface area contributed by atoms with E-state index in [0.29, 0.717) is 6.54 Å². The van der Waals surface area contributed by atoms with Gasteiger partial charge in [-0.15, -0.1) is 0 Å². The van der Waals surface area contributed by atoms with Gasteiger partial charge in [-0.25, -0.2) is 0 Å². The van der Waals surface area contributed by atoms with Gasteiger partial charge in [-0.2, -0.15) is 0 Å². The molecular formula is C45H101N11O. The first-order valence-electron chi connectivity index (χ1n) is 23.4. The summed E-state index contributed by atoms with van der Waals surface area (Å²) in [5.41, 5.74) is 0. The molecule has 0 spiro atoms. The smallest absolute Gasteiger partial charge is 0.234 e. The lowest BCUT2D eigenvalue weighted by atomic mass is 10.1. The molecule has 1 unspecified atom stereocenters. The summed E-state index contributed by atoms with van der Waals surface area (Å²) in [6.45, 7) is 28.3. The normalized spacial score (nSPS) is 27.4. The summed E-state index contributed by atoms with van der Waals surface area (Å²) in [5, 5.41) is 2.73. The lowest BCUT2D eigenvalue weighted by Crippen LogP contribution is -2.45. The van der Waals surface area contributed by atoms with E-state index in [0.717, 1.165) is 31.2 Å². The van der Waals surface area contributed by atoms with Gasteiger partial charge in [0.25, 0.3) is 0 Å². The van der Waals surface area contributed by atoms with Crippen LogP contribution in [0.1, 0.15) is 85.5 Å². The largest absolute Gasteiger partial charge is 0.354 e. The van der Waals surface area contributed by atoms with E-state index in [1.807, 2.05) is 39.6 Å². The van der Waals surface area contributed by atoms with E-state index < -0.39 is 0 Å². The van der Waals surface area contributed by atoms with Crippen LogP contribution in [0.15, 0.2) is 0 Å². The molecule has 342 valence electrons. The summed E-state index contributed by atoms with van der Waals surface area (Å²) in [4.78, 5) is 34.0. The Labute approximate surface area is 356 Å². The summed E-state index contributed by atoms with van der Waals surface area (Å²) in [7, 11) is 23.8. The second-order valence-electron chi connectivity index (χ2n) is 17.7. The van der Waals surface area contributed by atoms with E-state index in [4.69, 9.17) is 0 Å². The summed E-state index contributed by atoms with van der Waals surface area (Å²) < 4.78 is 0. The van der Waals surface area contributed by atoms with Gasteiger partial charge < -0.3 is 49.4 Å². The molecule has 0 radical (unpaired) electrons. The van der Waals surface area contributed by atoms with Gasteiger partial charge in [-0.3, -0.25) is 9.69 Å². The number of hydrogen-bond donors (Lipinski definition) is 1. The van der Waals surface area contributed by atoms with Gasteiger partial charge in [0.1, 0.15) is 0 Å². The molecule has 1 N–H and O–H groups in total. The van der Waals surface area contributed by atoms with Gasteiger partial charge in [0, 0.05) is 63.9 Å². The van der Waals surface area contributed by atoms with Gasteiger partial charge in [0.15, 0.2) is 0 Å². The summed E-state index contributed by atoms with van der Waals surface area (Å²) in [6.07, 6.45) is 12.6. The Morgan fingerprint density at radius 2 is 0.842 bits per heavy atom. The van der Waals surface area contributed by atoms with Crippen molar-refractivity contribution in [1.29, 1.82) is 0 Å². The van der Waals surface area contributed by atoms with Crippen molar-refractivity contribution < 1.29 is 4.79 Å². The topological polar surface area (TPSA) is 61.5 Å². The first-order chi connectivity index (χ1) is 27.2. The van der Waals surface area contributed by atoms with Crippen LogP contribution in [0, 0.1) is 0 Å². The molecule has 0 aromatic carbocycles. The van der Waals surface area contributed by atoms with Crippen molar-refractivity contribution in [2.75, 3.05) is 189 Å². The molecule has 12 heteroatoms. The molecule has 8 fully saturated rings. The van der Waals surface area contributed by atoms with Crippen LogP contribution in [0.3, 0.4) is 0 Å². The standard InChI is InChI=1S/C7H14N2.2C7H16N2.C6H13N.C5H10N2O.C5H11N.C4H9N.2C2H6/c1-8-4-7-3-6(8)5-9(7)2;1-8(2)7-4-5-9(3)6-7;1-8-4-3-5-9(2)7-6-8;1-7-5-3-2-4-6-7;1-7-3-2-6-5(8)4-7;1-6-4-2-3-5-6;1-5-3-2-4-5;2*1-2/h6-7H,3-5H2,1-2H3;7H,4-6H2,1-3H3;3-7H2,1-2H3;2-6H2,1H3;2-4H2,1H3,(H,6,8);2-5H2,1H3;2-4H2,1H3;2*1-2H3/t6-,7-;;;;;;;;/m1......../s1. The number of likely N-dealkylation sites (tertiary alicyclic amines) is 6. The summed E-state index contributed by atoms with van der Waals surface area (Å²) in [5.74, 6) is 0.138. The second-order valence-corrected chi connectivity index (χ2v) is 17.7. The second kappa shape index (κ2) is 34.7. The fourth-order valence-corrected chi connectivity index (χ4v) is 7.74. The van der Waals surface area contributed by atoms with Crippen LogP contribution in [-0.4, -0.2) is 262 Å². The third-order valence-electron chi connectivity index (χ3n) is 12.0. The first-order valence-corrected chi connectivity index (χ1v) is 23.4. The predicted molar refractivity (Wildman–Crippen MR) is 250 cm³/mol. The van der Waals surface area contributed by atoms with Crippen LogP contribution in [0.4, 0.5) is 0 Å². The van der Waals surface area contributed by atoms with Crippen molar-refractivity contribution in [2.24, 2.45) is 0 Å². The average Bonchev–Trinajstić information content (AvgIpc) is 3.98. The number of carbonyl (C=O) groups excluding carboxylic acids is 1. The number of likely N-dealkylation sites (N-methyl/N-ethyl adjacent to an activating group) is 7. The fraction of sp³-hybridized carbons (Fsp3) is 0.978. The molecule has 0 aliphatic carbocycles. The molecule has 8 aliphatic rings. The predicted octanol–water partition coefficient (Wildman–Crippen LogP) is 3.75. The van der Waals surface area contributed by atoms with Crippen LogP contribution in [0.25, 0.3) is 0 Å². The molecule has 8 rings (SSSR count). The molecule has 57 heavy (non-hydrogen) atoms. The molecule has 0 aromatic heterocycles. The average molecular weight is 812 g/mol. The number of nitrogens with one attached hydrogen (secondary N) is 1. The lowest BCUT2D eigenvalue weighted by molar-refractivity contribution is -0.123. The number of fused-ring (bicyclic) bond motifs is 2. The van der Waals surface area contributed by atoms with Crippen molar-refractivity contribution in [2.45, 2.75) is 104 Å². The molecular weight excluding hydrogens is 711 g/mol. The minimum absolute atomic E-state index is 0.138. The Morgan fingerprint density at radius 1 is 0.456 bits per heavy atom. The minimum atomic E-state index is 0.138. The van der Waals surface area contributed by atoms with Crippen molar-refractivity contribution in [3.8, 4) is 0 Å². The molecule has 0 aromatic rings. The summed E-state index contributed by atoms with van der Waals surface area (Å²) in [6, 6.07) is 2.55. The summed E-state index contributed by atoms with van der Waals surface area (Å²) >= 11 is 0. The van der Waals surface area contributed by atoms with Crippen LogP contribution in [0.2, 0.25) is 0 Å². The molecule has 8 saturated heterocycles. The number of piperidine rings is 1. The van der Waals surface area contributed by atoms with E-state index in [1.54, 1.807) is 0 Å². The van der Waals surface area contributed by atoms with Gasteiger partial charge >= 0.3 is 0 Å². The Kier molecular flexibility index (Phi) is 34.2. The van der Waals surface area contributed by atoms with Crippen molar-refractivity contribution in [1.82, 2.24) is 54.3 Å². The third kappa shape index (κ3) is 28.3. The minimum Gasteiger partial charge on any atom is -0.354 e. The zero-order chi connectivity index (χ0) is 43.2. The van der Waals surface area contributed by atoms with Gasteiger partial charge in [0.05, 0.1) is 6.54 Å². The monoisotopic (exact) mass is 812 g/mol. The van der Waals surface area contributed by atoms with E-state index in [9.17, 15) is 4.79 Å². The van der Waals surface area contributed by atoms with E-state index >= 15 is 0 Å². The maximum absolute atomic E-state index is 10.5.